The number of carbonyl (C=O) groups is 1. The molecule has 1 aromatic heterocycles. The van der Waals surface area contributed by atoms with Crippen LogP contribution in [0.15, 0.2) is 22.9 Å². The van der Waals surface area contributed by atoms with Gasteiger partial charge in [-0.1, -0.05) is 19.3 Å². The molecule has 0 aliphatic heterocycles. The number of hydrogen-bond acceptors (Lipinski definition) is 3. The molecule has 1 N–H and O–H groups in total. The number of carbonyl (C=O) groups excluding carboxylic acids is 1. The molecule has 5 heteroatoms. The van der Waals surface area contributed by atoms with Gasteiger partial charge in [-0.05, 0) is 41.1 Å². The number of hydrogen-bond donors (Lipinski definition) is 1. The standard InChI is InChI=1S/C14H19BrN2OS/c1-19-14(5-3-2-4-6-14)10-17-13(18)11-7-12(15)9-16-8-11/h7-9H,2-6,10H2,1H3,(H,17,18). The van der Waals surface area contributed by atoms with Gasteiger partial charge in [0.2, 0.25) is 0 Å². The van der Waals surface area contributed by atoms with Gasteiger partial charge in [0, 0.05) is 28.2 Å². The molecular weight excluding hydrogens is 324 g/mol. The Labute approximate surface area is 127 Å². The van der Waals surface area contributed by atoms with E-state index < -0.39 is 0 Å². The zero-order valence-electron chi connectivity index (χ0n) is 11.1. The zero-order chi connectivity index (χ0) is 13.7. The van der Waals surface area contributed by atoms with Gasteiger partial charge in [-0.15, -0.1) is 0 Å². The van der Waals surface area contributed by atoms with Gasteiger partial charge in [0.1, 0.15) is 0 Å². The van der Waals surface area contributed by atoms with Gasteiger partial charge >= 0.3 is 0 Å². The summed E-state index contributed by atoms with van der Waals surface area (Å²) in [5, 5.41) is 3.07. The number of aromatic nitrogens is 1. The average molecular weight is 343 g/mol. The van der Waals surface area contributed by atoms with Crippen LogP contribution in [0.25, 0.3) is 0 Å². The number of rotatable bonds is 4. The molecule has 0 radical (unpaired) electrons. The first-order chi connectivity index (χ1) is 9.15. The first-order valence-corrected chi connectivity index (χ1v) is 8.61. The monoisotopic (exact) mass is 342 g/mol. The first-order valence-electron chi connectivity index (χ1n) is 6.59. The van der Waals surface area contributed by atoms with Crippen LogP contribution in [-0.4, -0.2) is 28.4 Å². The summed E-state index contributed by atoms with van der Waals surface area (Å²) in [6.45, 7) is 0.750. The van der Waals surface area contributed by atoms with E-state index >= 15 is 0 Å². The summed E-state index contributed by atoms with van der Waals surface area (Å²) in [6.07, 6.45) is 11.7. The molecule has 3 nitrogen and oxygen atoms in total. The summed E-state index contributed by atoms with van der Waals surface area (Å²) in [6, 6.07) is 1.80. The van der Waals surface area contributed by atoms with Crippen LogP contribution >= 0.6 is 27.7 Å². The lowest BCUT2D eigenvalue weighted by Crippen LogP contribution is -2.41. The second-order valence-corrected chi connectivity index (χ2v) is 7.21. The second-order valence-electron chi connectivity index (χ2n) is 5.02. The number of nitrogens with one attached hydrogen (secondary N) is 1. The smallest absolute Gasteiger partial charge is 0.252 e. The highest BCUT2D eigenvalue weighted by molar-refractivity contribution is 9.10. The maximum absolute atomic E-state index is 12.1. The predicted octanol–water partition coefficient (Wildman–Crippen LogP) is 3.64. The molecule has 1 saturated carbocycles. The maximum Gasteiger partial charge on any atom is 0.252 e. The molecule has 0 unspecified atom stereocenters. The van der Waals surface area contributed by atoms with Gasteiger partial charge in [0.25, 0.3) is 5.91 Å². The lowest BCUT2D eigenvalue weighted by molar-refractivity contribution is 0.0946. The molecule has 2 rings (SSSR count). The second kappa shape index (κ2) is 6.75. The normalized spacial score (nSPS) is 18.0. The van der Waals surface area contributed by atoms with Crippen molar-refractivity contribution in [3.8, 4) is 0 Å². The summed E-state index contributed by atoms with van der Waals surface area (Å²) in [4.78, 5) is 16.1. The average Bonchev–Trinajstić information content (AvgIpc) is 2.46. The Balaban J connectivity index is 1.95. The van der Waals surface area contributed by atoms with E-state index in [1.165, 1.54) is 32.1 Å². The van der Waals surface area contributed by atoms with Crippen molar-refractivity contribution in [3.05, 3.63) is 28.5 Å². The van der Waals surface area contributed by atoms with Gasteiger partial charge in [-0.25, -0.2) is 0 Å². The number of pyridine rings is 1. The molecular formula is C14H19BrN2OS. The number of thioether (sulfide) groups is 1. The van der Waals surface area contributed by atoms with E-state index in [0.29, 0.717) is 5.56 Å². The van der Waals surface area contributed by atoms with Gasteiger partial charge in [-0.3, -0.25) is 9.78 Å². The van der Waals surface area contributed by atoms with Crippen molar-refractivity contribution in [1.82, 2.24) is 10.3 Å². The number of amides is 1. The molecule has 0 saturated heterocycles. The highest BCUT2D eigenvalue weighted by Crippen LogP contribution is 2.37. The van der Waals surface area contributed by atoms with Crippen LogP contribution in [0.3, 0.4) is 0 Å². The topological polar surface area (TPSA) is 42.0 Å². The molecule has 1 aliphatic rings. The van der Waals surface area contributed by atoms with Crippen molar-refractivity contribution in [2.75, 3.05) is 12.8 Å². The van der Waals surface area contributed by atoms with Crippen LogP contribution in [0, 0.1) is 0 Å². The van der Waals surface area contributed by atoms with Crippen molar-refractivity contribution in [2.24, 2.45) is 0 Å². The lowest BCUT2D eigenvalue weighted by atomic mass is 9.88. The molecule has 0 aromatic carbocycles. The van der Waals surface area contributed by atoms with Gasteiger partial charge in [-0.2, -0.15) is 11.8 Å². The van der Waals surface area contributed by atoms with Crippen molar-refractivity contribution in [1.29, 1.82) is 0 Å². The van der Waals surface area contributed by atoms with E-state index in [2.05, 4.69) is 32.5 Å². The molecule has 104 valence electrons. The molecule has 0 spiro atoms. The highest BCUT2D eigenvalue weighted by atomic mass is 79.9. The van der Waals surface area contributed by atoms with Crippen LogP contribution in [0.2, 0.25) is 0 Å². The van der Waals surface area contributed by atoms with Crippen LogP contribution in [0.5, 0.6) is 0 Å². The fourth-order valence-electron chi connectivity index (χ4n) is 2.53. The fraction of sp³-hybridized carbons (Fsp3) is 0.571. The first kappa shape index (κ1) is 14.9. The minimum atomic E-state index is -0.0344. The van der Waals surface area contributed by atoms with Crippen LogP contribution in [-0.2, 0) is 0 Å². The minimum Gasteiger partial charge on any atom is -0.351 e. The molecule has 1 fully saturated rings. The Morgan fingerprint density at radius 1 is 1.42 bits per heavy atom. The third-order valence-corrected chi connectivity index (χ3v) is 5.59. The molecule has 1 aromatic rings. The Hall–Kier alpha value is -0.550. The summed E-state index contributed by atoms with van der Waals surface area (Å²) in [5.74, 6) is -0.0344. The number of halogens is 1. The summed E-state index contributed by atoms with van der Waals surface area (Å²) in [7, 11) is 0. The van der Waals surface area contributed by atoms with Crippen molar-refractivity contribution < 1.29 is 4.79 Å². The van der Waals surface area contributed by atoms with E-state index in [1.54, 1.807) is 18.5 Å². The molecule has 19 heavy (non-hydrogen) atoms. The molecule has 0 atom stereocenters. The Bertz CT molecular complexity index is 447. The third-order valence-electron chi connectivity index (χ3n) is 3.74. The van der Waals surface area contributed by atoms with E-state index in [0.717, 1.165) is 11.0 Å². The Kier molecular flexibility index (Phi) is 5.28. The van der Waals surface area contributed by atoms with E-state index in [9.17, 15) is 4.79 Å². The zero-order valence-corrected chi connectivity index (χ0v) is 13.5. The van der Waals surface area contributed by atoms with E-state index in [4.69, 9.17) is 0 Å². The minimum absolute atomic E-state index is 0.0344. The molecule has 1 heterocycles. The lowest BCUT2D eigenvalue weighted by Gasteiger charge is -2.35. The van der Waals surface area contributed by atoms with Crippen molar-refractivity contribution in [3.63, 3.8) is 0 Å². The predicted molar refractivity (Wildman–Crippen MR) is 83.6 cm³/mol. The Morgan fingerprint density at radius 3 is 2.79 bits per heavy atom. The summed E-state index contributed by atoms with van der Waals surface area (Å²) >= 11 is 5.23. The van der Waals surface area contributed by atoms with E-state index in [1.807, 2.05) is 11.8 Å². The van der Waals surface area contributed by atoms with Gasteiger partial charge in [0.05, 0.1) is 5.56 Å². The van der Waals surface area contributed by atoms with Crippen LogP contribution < -0.4 is 5.32 Å². The molecule has 0 bridgehead atoms. The molecule has 1 amide bonds. The number of nitrogens with zero attached hydrogens (tertiary/aromatic N) is 1. The SMILES string of the molecule is CSC1(CNC(=O)c2cncc(Br)c2)CCCCC1. The highest BCUT2D eigenvalue weighted by Gasteiger charge is 2.31. The summed E-state index contributed by atoms with van der Waals surface area (Å²) < 4.78 is 1.06. The molecule has 1 aliphatic carbocycles. The van der Waals surface area contributed by atoms with Gasteiger partial charge < -0.3 is 5.32 Å². The Morgan fingerprint density at radius 2 is 2.16 bits per heavy atom. The quantitative estimate of drug-likeness (QED) is 0.908. The van der Waals surface area contributed by atoms with Crippen LogP contribution in [0.1, 0.15) is 42.5 Å². The summed E-state index contributed by atoms with van der Waals surface area (Å²) in [5.41, 5.74) is 0.612. The van der Waals surface area contributed by atoms with Crippen molar-refractivity contribution in [2.45, 2.75) is 36.9 Å². The largest absolute Gasteiger partial charge is 0.351 e. The third kappa shape index (κ3) is 3.96. The van der Waals surface area contributed by atoms with Crippen LogP contribution in [0.4, 0.5) is 0 Å². The van der Waals surface area contributed by atoms with Crippen molar-refractivity contribution >= 4 is 33.6 Å². The maximum atomic E-state index is 12.1. The van der Waals surface area contributed by atoms with E-state index in [-0.39, 0.29) is 10.7 Å². The van der Waals surface area contributed by atoms with Gasteiger partial charge in [0.15, 0.2) is 0 Å². The fourth-order valence-corrected chi connectivity index (χ4v) is 3.81.